The van der Waals surface area contributed by atoms with Crippen LogP contribution >= 0.6 is 0 Å². The second kappa shape index (κ2) is 6.05. The SMILES string of the molecule is CNC(CCN1CCOCC1C)C(N)=O. The number of nitrogens with zero attached hydrogens (tertiary/aromatic N) is 1. The van der Waals surface area contributed by atoms with E-state index in [9.17, 15) is 4.79 Å². The number of primary amides is 1. The quantitative estimate of drug-likeness (QED) is 0.628. The lowest BCUT2D eigenvalue weighted by molar-refractivity contribution is -0.120. The lowest BCUT2D eigenvalue weighted by Gasteiger charge is -2.33. The van der Waals surface area contributed by atoms with E-state index in [1.54, 1.807) is 7.05 Å². The van der Waals surface area contributed by atoms with Gasteiger partial charge in [0.15, 0.2) is 0 Å². The van der Waals surface area contributed by atoms with Crippen LogP contribution in [0.2, 0.25) is 0 Å². The summed E-state index contributed by atoms with van der Waals surface area (Å²) >= 11 is 0. The molecule has 1 aliphatic heterocycles. The molecule has 15 heavy (non-hydrogen) atoms. The normalized spacial score (nSPS) is 25.1. The molecule has 1 fully saturated rings. The molecule has 0 spiro atoms. The third-order valence-electron chi connectivity index (χ3n) is 2.90. The van der Waals surface area contributed by atoms with Crippen LogP contribution in [-0.4, -0.2) is 56.2 Å². The Hall–Kier alpha value is -0.650. The van der Waals surface area contributed by atoms with Crippen LogP contribution in [0.1, 0.15) is 13.3 Å². The molecule has 0 aromatic heterocycles. The summed E-state index contributed by atoms with van der Waals surface area (Å²) in [5.41, 5.74) is 5.25. The van der Waals surface area contributed by atoms with Crippen LogP contribution in [0.15, 0.2) is 0 Å². The van der Waals surface area contributed by atoms with Gasteiger partial charge in [0.05, 0.1) is 19.3 Å². The Morgan fingerprint density at radius 3 is 3.00 bits per heavy atom. The number of hydrogen-bond acceptors (Lipinski definition) is 4. The van der Waals surface area contributed by atoms with Crippen LogP contribution in [-0.2, 0) is 9.53 Å². The highest BCUT2D eigenvalue weighted by atomic mass is 16.5. The van der Waals surface area contributed by atoms with Gasteiger partial charge in [-0.3, -0.25) is 9.69 Å². The molecular formula is C10H21N3O2. The fourth-order valence-corrected chi connectivity index (χ4v) is 1.82. The largest absolute Gasteiger partial charge is 0.379 e. The van der Waals surface area contributed by atoms with Crippen molar-refractivity contribution in [3.8, 4) is 0 Å². The Morgan fingerprint density at radius 1 is 1.73 bits per heavy atom. The van der Waals surface area contributed by atoms with Gasteiger partial charge in [0.2, 0.25) is 5.91 Å². The number of likely N-dealkylation sites (N-methyl/N-ethyl adjacent to an activating group) is 1. The average Bonchev–Trinajstić information content (AvgIpc) is 2.21. The van der Waals surface area contributed by atoms with E-state index in [4.69, 9.17) is 10.5 Å². The summed E-state index contributed by atoms with van der Waals surface area (Å²) in [6.07, 6.45) is 0.760. The van der Waals surface area contributed by atoms with Gasteiger partial charge >= 0.3 is 0 Å². The Labute approximate surface area is 90.9 Å². The summed E-state index contributed by atoms with van der Waals surface area (Å²) in [5.74, 6) is -0.279. The molecule has 5 heteroatoms. The Morgan fingerprint density at radius 2 is 2.47 bits per heavy atom. The van der Waals surface area contributed by atoms with Crippen molar-refractivity contribution >= 4 is 5.91 Å². The summed E-state index contributed by atoms with van der Waals surface area (Å²) in [6, 6.07) is 0.212. The van der Waals surface area contributed by atoms with Crippen LogP contribution in [0.4, 0.5) is 0 Å². The maximum Gasteiger partial charge on any atom is 0.234 e. The second-order valence-electron chi connectivity index (χ2n) is 3.99. The van der Waals surface area contributed by atoms with E-state index in [0.717, 1.165) is 32.7 Å². The molecule has 2 unspecified atom stereocenters. The Balaban J connectivity index is 2.31. The molecule has 0 radical (unpaired) electrons. The molecule has 0 aromatic carbocycles. The predicted octanol–water partition coefficient (Wildman–Crippen LogP) is -0.829. The van der Waals surface area contributed by atoms with Gasteiger partial charge in [0.1, 0.15) is 0 Å². The monoisotopic (exact) mass is 215 g/mol. The number of carbonyl (C=O) groups is 1. The lowest BCUT2D eigenvalue weighted by Crippen LogP contribution is -2.47. The highest BCUT2D eigenvalue weighted by Crippen LogP contribution is 2.07. The zero-order valence-electron chi connectivity index (χ0n) is 9.53. The highest BCUT2D eigenvalue weighted by Gasteiger charge is 2.20. The summed E-state index contributed by atoms with van der Waals surface area (Å²) in [7, 11) is 1.76. The fraction of sp³-hybridized carbons (Fsp3) is 0.900. The minimum atomic E-state index is -0.279. The van der Waals surface area contributed by atoms with Crippen molar-refractivity contribution in [3.63, 3.8) is 0 Å². The maximum absolute atomic E-state index is 11.0. The number of amides is 1. The van der Waals surface area contributed by atoms with Crippen molar-refractivity contribution in [1.82, 2.24) is 10.2 Å². The second-order valence-corrected chi connectivity index (χ2v) is 3.99. The molecule has 1 rings (SSSR count). The molecule has 1 saturated heterocycles. The maximum atomic E-state index is 11.0. The number of carbonyl (C=O) groups excluding carboxylic acids is 1. The molecule has 1 heterocycles. The molecule has 88 valence electrons. The molecule has 0 saturated carbocycles. The molecule has 1 aliphatic rings. The molecule has 3 N–H and O–H groups in total. The molecular weight excluding hydrogens is 194 g/mol. The van der Waals surface area contributed by atoms with E-state index in [-0.39, 0.29) is 11.9 Å². The van der Waals surface area contributed by atoms with Crippen LogP contribution in [0.25, 0.3) is 0 Å². The first-order valence-electron chi connectivity index (χ1n) is 5.43. The van der Waals surface area contributed by atoms with Crippen molar-refractivity contribution in [2.45, 2.75) is 25.4 Å². The van der Waals surface area contributed by atoms with Gasteiger partial charge in [-0.25, -0.2) is 0 Å². The van der Waals surface area contributed by atoms with Crippen LogP contribution in [0.3, 0.4) is 0 Å². The topological polar surface area (TPSA) is 67.6 Å². The van der Waals surface area contributed by atoms with E-state index >= 15 is 0 Å². The minimum Gasteiger partial charge on any atom is -0.379 e. The number of hydrogen-bond donors (Lipinski definition) is 2. The lowest BCUT2D eigenvalue weighted by atomic mass is 10.1. The number of morpholine rings is 1. The third kappa shape index (κ3) is 3.77. The molecule has 0 bridgehead atoms. The highest BCUT2D eigenvalue weighted by molar-refractivity contribution is 5.79. The average molecular weight is 215 g/mol. The van der Waals surface area contributed by atoms with Crippen molar-refractivity contribution in [3.05, 3.63) is 0 Å². The molecule has 0 aromatic rings. The van der Waals surface area contributed by atoms with Crippen LogP contribution in [0, 0.1) is 0 Å². The summed E-state index contributed by atoms with van der Waals surface area (Å²) in [6.45, 7) is 5.53. The zero-order valence-corrected chi connectivity index (χ0v) is 9.53. The summed E-state index contributed by atoms with van der Waals surface area (Å²) in [5, 5.41) is 2.92. The van der Waals surface area contributed by atoms with Crippen molar-refractivity contribution < 1.29 is 9.53 Å². The smallest absolute Gasteiger partial charge is 0.234 e. The van der Waals surface area contributed by atoms with E-state index < -0.39 is 0 Å². The van der Waals surface area contributed by atoms with Crippen molar-refractivity contribution in [1.29, 1.82) is 0 Å². The van der Waals surface area contributed by atoms with Crippen molar-refractivity contribution in [2.24, 2.45) is 5.73 Å². The standard InChI is InChI=1S/C10H21N3O2/c1-8-7-15-6-5-13(8)4-3-9(12-2)10(11)14/h8-9,12H,3-7H2,1-2H3,(H2,11,14). The molecule has 0 aliphatic carbocycles. The zero-order chi connectivity index (χ0) is 11.3. The van der Waals surface area contributed by atoms with Gasteiger partial charge in [0.25, 0.3) is 0 Å². The van der Waals surface area contributed by atoms with E-state index in [0.29, 0.717) is 6.04 Å². The molecule has 2 atom stereocenters. The number of nitrogens with one attached hydrogen (secondary N) is 1. The van der Waals surface area contributed by atoms with E-state index in [1.807, 2.05) is 0 Å². The van der Waals surface area contributed by atoms with Gasteiger partial charge in [-0.1, -0.05) is 0 Å². The van der Waals surface area contributed by atoms with Crippen LogP contribution < -0.4 is 11.1 Å². The summed E-state index contributed by atoms with van der Waals surface area (Å²) in [4.78, 5) is 13.3. The van der Waals surface area contributed by atoms with Gasteiger partial charge in [-0.05, 0) is 20.4 Å². The number of nitrogens with two attached hydrogens (primary N) is 1. The van der Waals surface area contributed by atoms with Gasteiger partial charge in [-0.15, -0.1) is 0 Å². The van der Waals surface area contributed by atoms with Gasteiger partial charge < -0.3 is 15.8 Å². The Kier molecular flexibility index (Phi) is 5.01. The van der Waals surface area contributed by atoms with Crippen LogP contribution in [0.5, 0.6) is 0 Å². The first-order valence-corrected chi connectivity index (χ1v) is 5.43. The minimum absolute atomic E-state index is 0.222. The number of ether oxygens (including phenoxy) is 1. The Bertz CT molecular complexity index is 211. The third-order valence-corrected chi connectivity index (χ3v) is 2.90. The van der Waals surface area contributed by atoms with Crippen molar-refractivity contribution in [2.75, 3.05) is 33.4 Å². The van der Waals surface area contributed by atoms with E-state index in [2.05, 4.69) is 17.1 Å². The molecule has 1 amide bonds. The molecule has 5 nitrogen and oxygen atoms in total. The fourth-order valence-electron chi connectivity index (χ4n) is 1.82. The van der Waals surface area contributed by atoms with Gasteiger partial charge in [0, 0.05) is 19.1 Å². The first kappa shape index (κ1) is 12.4. The number of rotatable bonds is 5. The van der Waals surface area contributed by atoms with E-state index in [1.165, 1.54) is 0 Å². The summed E-state index contributed by atoms with van der Waals surface area (Å²) < 4.78 is 5.34. The predicted molar refractivity (Wildman–Crippen MR) is 58.5 cm³/mol. The first-order chi connectivity index (χ1) is 7.15. The van der Waals surface area contributed by atoms with Gasteiger partial charge in [-0.2, -0.15) is 0 Å².